The number of para-hydroxylation sites is 1. The van der Waals surface area contributed by atoms with Gasteiger partial charge >= 0.3 is 0 Å². The van der Waals surface area contributed by atoms with Gasteiger partial charge in [0.15, 0.2) is 5.96 Å². The molecular formula is C21H27N5O3. The van der Waals surface area contributed by atoms with E-state index in [0.717, 1.165) is 50.0 Å². The molecule has 0 bridgehead atoms. The predicted octanol–water partition coefficient (Wildman–Crippen LogP) is 2.37. The SMILES string of the molecule is CN=C(NCc1cccc([N+](=O)[O-])c1)N1CCN(CCOc2ccccc2)CC1. The van der Waals surface area contributed by atoms with Gasteiger partial charge in [0.1, 0.15) is 12.4 Å². The van der Waals surface area contributed by atoms with Crippen molar-refractivity contribution in [2.24, 2.45) is 4.99 Å². The molecule has 0 spiro atoms. The highest BCUT2D eigenvalue weighted by Crippen LogP contribution is 2.13. The largest absolute Gasteiger partial charge is 0.492 e. The second-order valence-corrected chi connectivity index (χ2v) is 6.82. The van der Waals surface area contributed by atoms with Crippen LogP contribution in [-0.4, -0.2) is 67.1 Å². The predicted molar refractivity (Wildman–Crippen MR) is 113 cm³/mol. The van der Waals surface area contributed by atoms with Crippen molar-refractivity contribution in [3.8, 4) is 5.75 Å². The first-order valence-electron chi connectivity index (χ1n) is 9.75. The maximum Gasteiger partial charge on any atom is 0.269 e. The van der Waals surface area contributed by atoms with E-state index in [1.165, 1.54) is 6.07 Å². The Kier molecular flexibility index (Phi) is 7.40. The second kappa shape index (κ2) is 10.4. The van der Waals surface area contributed by atoms with Crippen molar-refractivity contribution < 1.29 is 9.66 Å². The first-order chi connectivity index (χ1) is 14.2. The van der Waals surface area contributed by atoms with Crippen LogP contribution >= 0.6 is 0 Å². The Morgan fingerprint density at radius 2 is 1.90 bits per heavy atom. The number of hydrogen-bond acceptors (Lipinski definition) is 5. The van der Waals surface area contributed by atoms with Gasteiger partial charge in [0.2, 0.25) is 0 Å². The maximum atomic E-state index is 10.9. The van der Waals surface area contributed by atoms with E-state index >= 15 is 0 Å². The zero-order valence-corrected chi connectivity index (χ0v) is 16.7. The summed E-state index contributed by atoms with van der Waals surface area (Å²) in [6, 6.07) is 16.5. The number of aliphatic imine (C=N–C) groups is 1. The zero-order chi connectivity index (χ0) is 20.5. The summed E-state index contributed by atoms with van der Waals surface area (Å²) < 4.78 is 5.78. The van der Waals surface area contributed by atoms with Crippen molar-refractivity contribution in [3.63, 3.8) is 0 Å². The summed E-state index contributed by atoms with van der Waals surface area (Å²) in [5.74, 6) is 1.72. The summed E-state index contributed by atoms with van der Waals surface area (Å²) >= 11 is 0. The molecule has 0 unspecified atom stereocenters. The van der Waals surface area contributed by atoms with Crippen molar-refractivity contribution in [2.75, 3.05) is 46.4 Å². The number of rotatable bonds is 7. The van der Waals surface area contributed by atoms with Crippen molar-refractivity contribution >= 4 is 11.6 Å². The number of guanidine groups is 1. The lowest BCUT2D eigenvalue weighted by atomic mass is 10.2. The summed E-state index contributed by atoms with van der Waals surface area (Å²) in [6.45, 7) is 5.69. The highest BCUT2D eigenvalue weighted by molar-refractivity contribution is 5.80. The monoisotopic (exact) mass is 397 g/mol. The smallest absolute Gasteiger partial charge is 0.269 e. The third-order valence-corrected chi connectivity index (χ3v) is 4.88. The molecule has 1 saturated heterocycles. The van der Waals surface area contributed by atoms with Gasteiger partial charge in [-0.1, -0.05) is 30.3 Å². The molecule has 2 aromatic carbocycles. The number of non-ortho nitro benzene ring substituents is 1. The highest BCUT2D eigenvalue weighted by atomic mass is 16.6. The number of hydrogen-bond donors (Lipinski definition) is 1. The highest BCUT2D eigenvalue weighted by Gasteiger charge is 2.19. The molecule has 1 aliphatic rings. The summed E-state index contributed by atoms with van der Waals surface area (Å²) in [5, 5.41) is 14.2. The molecule has 8 nitrogen and oxygen atoms in total. The van der Waals surface area contributed by atoms with Crippen molar-refractivity contribution in [1.82, 2.24) is 15.1 Å². The van der Waals surface area contributed by atoms with Crippen molar-refractivity contribution in [3.05, 3.63) is 70.3 Å². The third kappa shape index (κ3) is 6.18. The number of nitrogens with one attached hydrogen (secondary N) is 1. The molecule has 1 N–H and O–H groups in total. The van der Waals surface area contributed by atoms with E-state index in [1.807, 2.05) is 36.4 Å². The Morgan fingerprint density at radius 1 is 1.14 bits per heavy atom. The van der Waals surface area contributed by atoms with Crippen LogP contribution in [0, 0.1) is 10.1 Å². The summed E-state index contributed by atoms with van der Waals surface area (Å²) in [4.78, 5) is 19.5. The normalized spacial score (nSPS) is 15.2. The van der Waals surface area contributed by atoms with Gasteiger partial charge in [-0.05, 0) is 17.7 Å². The average Bonchev–Trinajstić information content (AvgIpc) is 2.76. The minimum atomic E-state index is -0.376. The van der Waals surface area contributed by atoms with Crippen LogP contribution in [0.1, 0.15) is 5.56 Å². The Morgan fingerprint density at radius 3 is 2.59 bits per heavy atom. The number of piperazine rings is 1. The van der Waals surface area contributed by atoms with E-state index in [1.54, 1.807) is 19.2 Å². The van der Waals surface area contributed by atoms with E-state index in [4.69, 9.17) is 4.74 Å². The number of nitro benzene ring substituents is 1. The summed E-state index contributed by atoms with van der Waals surface area (Å²) in [6.07, 6.45) is 0. The van der Waals surface area contributed by atoms with Crippen LogP contribution in [0.4, 0.5) is 5.69 Å². The number of nitrogens with zero attached hydrogens (tertiary/aromatic N) is 4. The van der Waals surface area contributed by atoms with E-state index in [0.29, 0.717) is 13.2 Å². The Labute approximate surface area is 170 Å². The fourth-order valence-corrected chi connectivity index (χ4v) is 3.29. The van der Waals surface area contributed by atoms with Crippen molar-refractivity contribution in [2.45, 2.75) is 6.54 Å². The minimum absolute atomic E-state index is 0.102. The lowest BCUT2D eigenvalue weighted by molar-refractivity contribution is -0.384. The quantitative estimate of drug-likeness (QED) is 0.334. The molecule has 0 atom stereocenters. The molecule has 8 heteroatoms. The van der Waals surface area contributed by atoms with Crippen LogP contribution < -0.4 is 10.1 Å². The number of benzene rings is 2. The molecule has 154 valence electrons. The maximum absolute atomic E-state index is 10.9. The molecule has 0 aromatic heterocycles. The third-order valence-electron chi connectivity index (χ3n) is 4.88. The van der Waals surface area contributed by atoms with Gasteiger partial charge in [-0.15, -0.1) is 0 Å². The van der Waals surface area contributed by atoms with Crippen LogP contribution in [-0.2, 0) is 6.54 Å². The minimum Gasteiger partial charge on any atom is -0.492 e. The van der Waals surface area contributed by atoms with Gasteiger partial charge in [0.05, 0.1) is 4.92 Å². The number of ether oxygens (including phenoxy) is 1. The lowest BCUT2D eigenvalue weighted by Gasteiger charge is -2.36. The Bertz CT molecular complexity index is 820. The second-order valence-electron chi connectivity index (χ2n) is 6.82. The van der Waals surface area contributed by atoms with Gasteiger partial charge in [0, 0.05) is 58.4 Å². The van der Waals surface area contributed by atoms with E-state index in [-0.39, 0.29) is 10.6 Å². The molecule has 1 aliphatic heterocycles. The van der Waals surface area contributed by atoms with Crippen molar-refractivity contribution in [1.29, 1.82) is 0 Å². The van der Waals surface area contributed by atoms with Crippen LogP contribution in [0.2, 0.25) is 0 Å². The van der Waals surface area contributed by atoms with Gasteiger partial charge in [-0.25, -0.2) is 0 Å². The first kappa shape index (κ1) is 20.6. The van der Waals surface area contributed by atoms with Crippen LogP contribution in [0.15, 0.2) is 59.6 Å². The summed E-state index contributed by atoms with van der Waals surface area (Å²) in [7, 11) is 1.76. The fourth-order valence-electron chi connectivity index (χ4n) is 3.29. The molecule has 0 amide bonds. The van der Waals surface area contributed by atoms with Gasteiger partial charge in [-0.3, -0.25) is 20.0 Å². The van der Waals surface area contributed by atoms with Gasteiger partial charge in [-0.2, -0.15) is 0 Å². The van der Waals surface area contributed by atoms with E-state index < -0.39 is 0 Å². The van der Waals surface area contributed by atoms with Crippen LogP contribution in [0.25, 0.3) is 0 Å². The molecule has 0 saturated carbocycles. The first-order valence-corrected chi connectivity index (χ1v) is 9.75. The Hall–Kier alpha value is -3.13. The molecule has 1 fully saturated rings. The summed E-state index contributed by atoms with van der Waals surface area (Å²) in [5.41, 5.74) is 0.961. The van der Waals surface area contributed by atoms with Gasteiger partial charge < -0.3 is 15.0 Å². The Balaban J connectivity index is 1.41. The molecular weight excluding hydrogens is 370 g/mol. The zero-order valence-electron chi connectivity index (χ0n) is 16.7. The lowest BCUT2D eigenvalue weighted by Crippen LogP contribution is -2.52. The number of nitro groups is 1. The molecule has 3 rings (SSSR count). The molecule has 0 radical (unpaired) electrons. The molecule has 2 aromatic rings. The van der Waals surface area contributed by atoms with E-state index in [2.05, 4.69) is 20.1 Å². The van der Waals surface area contributed by atoms with Gasteiger partial charge in [0.25, 0.3) is 5.69 Å². The van der Waals surface area contributed by atoms with Crippen LogP contribution in [0.5, 0.6) is 5.75 Å². The molecule has 0 aliphatic carbocycles. The average molecular weight is 397 g/mol. The fraction of sp³-hybridized carbons (Fsp3) is 0.381. The standard InChI is InChI=1S/C21H27N5O3/c1-22-21(23-17-18-6-5-7-19(16-18)26(27)28)25-12-10-24(11-13-25)14-15-29-20-8-3-2-4-9-20/h2-9,16H,10-15,17H2,1H3,(H,22,23). The van der Waals surface area contributed by atoms with E-state index in [9.17, 15) is 10.1 Å². The molecule has 29 heavy (non-hydrogen) atoms. The van der Waals surface area contributed by atoms with Crippen LogP contribution in [0.3, 0.4) is 0 Å². The molecule has 1 heterocycles. The topological polar surface area (TPSA) is 83.2 Å².